The van der Waals surface area contributed by atoms with E-state index in [1.165, 1.54) is 22.9 Å². The van der Waals surface area contributed by atoms with Crippen LogP contribution >= 0.6 is 11.6 Å². The van der Waals surface area contributed by atoms with Crippen molar-refractivity contribution in [2.45, 2.75) is 19.4 Å². The Morgan fingerprint density at radius 2 is 2.00 bits per heavy atom. The van der Waals surface area contributed by atoms with Gasteiger partial charge >= 0.3 is 5.97 Å². The van der Waals surface area contributed by atoms with Crippen molar-refractivity contribution in [2.24, 2.45) is 0 Å². The normalized spacial score (nSPS) is 15.3. The first kappa shape index (κ1) is 19.7. The monoisotopic (exact) mass is 424 g/mol. The van der Waals surface area contributed by atoms with Gasteiger partial charge in [-0.3, -0.25) is 9.59 Å². The number of nitrogens with one attached hydrogen (secondary N) is 2. The van der Waals surface area contributed by atoms with Gasteiger partial charge in [-0.1, -0.05) is 29.8 Å². The number of carboxylic acids is 1. The number of nitrogens with zero attached hydrogens (tertiary/aromatic N) is 2. The average Bonchev–Trinajstić information content (AvgIpc) is 3.04. The fourth-order valence-corrected chi connectivity index (χ4v) is 3.60. The largest absolute Gasteiger partial charge is 0.478 e. The first-order valence-electron chi connectivity index (χ1n) is 9.12. The van der Waals surface area contributed by atoms with E-state index in [-0.39, 0.29) is 17.9 Å². The number of halogens is 1. The van der Waals surface area contributed by atoms with Gasteiger partial charge in [0.15, 0.2) is 0 Å². The van der Waals surface area contributed by atoms with E-state index in [0.717, 1.165) is 11.1 Å². The van der Waals surface area contributed by atoms with Crippen LogP contribution in [-0.4, -0.2) is 32.7 Å². The summed E-state index contributed by atoms with van der Waals surface area (Å²) in [6, 6.07) is 12.2. The molecule has 1 atom stereocenters. The van der Waals surface area contributed by atoms with Crippen LogP contribution in [0.5, 0.6) is 0 Å². The second kappa shape index (κ2) is 7.64. The summed E-state index contributed by atoms with van der Waals surface area (Å²) in [5.74, 6) is -1.42. The van der Waals surface area contributed by atoms with Crippen LogP contribution in [0.2, 0.25) is 5.02 Å². The molecule has 2 amide bonds. The van der Waals surface area contributed by atoms with Gasteiger partial charge in [0.05, 0.1) is 17.7 Å². The number of aromatic nitrogens is 2. The third kappa shape index (κ3) is 3.65. The predicted octanol–water partition coefficient (Wildman–Crippen LogP) is 3.73. The van der Waals surface area contributed by atoms with Crippen LogP contribution in [0.25, 0.3) is 11.3 Å². The number of hydrogen-bond acceptors (Lipinski definition) is 4. The minimum Gasteiger partial charge on any atom is -0.478 e. The summed E-state index contributed by atoms with van der Waals surface area (Å²) in [5, 5.41) is 19.7. The Labute approximate surface area is 176 Å². The highest BCUT2D eigenvalue weighted by molar-refractivity contribution is 6.30. The smallest absolute Gasteiger partial charge is 0.335 e. The minimum atomic E-state index is -1.10. The van der Waals surface area contributed by atoms with Crippen molar-refractivity contribution < 1.29 is 19.5 Å². The van der Waals surface area contributed by atoms with Crippen molar-refractivity contribution in [3.8, 4) is 11.3 Å². The molecule has 1 unspecified atom stereocenters. The van der Waals surface area contributed by atoms with Gasteiger partial charge in [0.25, 0.3) is 0 Å². The van der Waals surface area contributed by atoms with Crippen molar-refractivity contribution >= 4 is 40.9 Å². The Kier molecular flexibility index (Phi) is 5.01. The highest BCUT2D eigenvalue weighted by Crippen LogP contribution is 2.35. The number of carbonyl (C=O) groups excluding carboxylic acids is 2. The lowest BCUT2D eigenvalue weighted by atomic mass is 10.1. The topological polar surface area (TPSA) is 113 Å². The molecule has 0 bridgehead atoms. The van der Waals surface area contributed by atoms with Gasteiger partial charge in [-0.05, 0) is 37.3 Å². The third-order valence-electron chi connectivity index (χ3n) is 4.86. The van der Waals surface area contributed by atoms with E-state index < -0.39 is 17.9 Å². The summed E-state index contributed by atoms with van der Waals surface area (Å²) in [7, 11) is 0. The van der Waals surface area contributed by atoms with Crippen molar-refractivity contribution in [1.29, 1.82) is 0 Å². The van der Waals surface area contributed by atoms with E-state index in [9.17, 15) is 14.4 Å². The Morgan fingerprint density at radius 1 is 1.23 bits per heavy atom. The van der Waals surface area contributed by atoms with E-state index in [1.807, 2.05) is 13.0 Å². The van der Waals surface area contributed by atoms with Crippen LogP contribution < -0.4 is 10.6 Å². The minimum absolute atomic E-state index is 0.0491. The summed E-state index contributed by atoms with van der Waals surface area (Å²) >= 11 is 6.09. The average molecular weight is 425 g/mol. The molecule has 9 heteroatoms. The van der Waals surface area contributed by atoms with Crippen molar-refractivity contribution in [3.63, 3.8) is 0 Å². The van der Waals surface area contributed by atoms with Crippen LogP contribution in [0.3, 0.4) is 0 Å². The zero-order valence-corrected chi connectivity index (χ0v) is 16.6. The molecule has 8 nitrogen and oxygen atoms in total. The van der Waals surface area contributed by atoms with Gasteiger partial charge in [-0.25, -0.2) is 9.48 Å². The SMILES string of the molecule is Cc1c(-c2cccc(Cl)c2)nn2c1NC(=O)CC2C(=O)Nc1cccc(C(=O)O)c1. The molecule has 0 radical (unpaired) electrons. The number of hydrogen-bond donors (Lipinski definition) is 3. The Balaban J connectivity index is 1.69. The lowest BCUT2D eigenvalue weighted by molar-refractivity contribution is -0.125. The predicted molar refractivity (Wildman–Crippen MR) is 112 cm³/mol. The van der Waals surface area contributed by atoms with Crippen LogP contribution in [-0.2, 0) is 9.59 Å². The number of fused-ring (bicyclic) bond motifs is 1. The second-order valence-corrected chi connectivity index (χ2v) is 7.36. The van der Waals surface area contributed by atoms with E-state index in [4.69, 9.17) is 16.7 Å². The molecule has 0 saturated carbocycles. The molecular formula is C21H17ClN4O4. The van der Waals surface area contributed by atoms with E-state index in [1.54, 1.807) is 24.3 Å². The Bertz CT molecular complexity index is 1190. The maximum Gasteiger partial charge on any atom is 0.335 e. The zero-order chi connectivity index (χ0) is 21.4. The standard InChI is InChI=1S/C21H17ClN4O4/c1-11-18(12-4-2-6-14(22)8-12)25-26-16(10-17(27)24-19(11)26)20(28)23-15-7-3-5-13(9-15)21(29)30/h2-9,16H,10H2,1H3,(H,23,28)(H,24,27)(H,29,30). The lowest BCUT2D eigenvalue weighted by Gasteiger charge is -2.24. The molecule has 0 aliphatic carbocycles. The number of benzene rings is 2. The van der Waals surface area contributed by atoms with Crippen molar-refractivity contribution in [2.75, 3.05) is 10.6 Å². The van der Waals surface area contributed by atoms with Gasteiger partial charge in [-0.2, -0.15) is 5.10 Å². The van der Waals surface area contributed by atoms with Gasteiger partial charge in [0.2, 0.25) is 11.8 Å². The summed E-state index contributed by atoms with van der Waals surface area (Å²) < 4.78 is 1.49. The van der Waals surface area contributed by atoms with Gasteiger partial charge in [0.1, 0.15) is 11.9 Å². The Hall–Kier alpha value is -3.65. The Morgan fingerprint density at radius 3 is 2.73 bits per heavy atom. The highest BCUT2D eigenvalue weighted by Gasteiger charge is 2.34. The van der Waals surface area contributed by atoms with Crippen LogP contribution in [0.4, 0.5) is 11.5 Å². The first-order valence-corrected chi connectivity index (χ1v) is 9.50. The highest BCUT2D eigenvalue weighted by atomic mass is 35.5. The zero-order valence-electron chi connectivity index (χ0n) is 15.8. The number of carbonyl (C=O) groups is 3. The van der Waals surface area contributed by atoms with Gasteiger partial charge < -0.3 is 15.7 Å². The third-order valence-corrected chi connectivity index (χ3v) is 5.09. The van der Waals surface area contributed by atoms with Crippen LogP contribution in [0.15, 0.2) is 48.5 Å². The summed E-state index contributed by atoms with van der Waals surface area (Å²) in [4.78, 5) is 36.4. The number of amides is 2. The number of carboxylic acid groups (broad SMARTS) is 1. The molecular weight excluding hydrogens is 408 g/mol. The second-order valence-electron chi connectivity index (χ2n) is 6.92. The van der Waals surface area contributed by atoms with Gasteiger partial charge in [-0.15, -0.1) is 0 Å². The lowest BCUT2D eigenvalue weighted by Crippen LogP contribution is -2.36. The molecule has 30 heavy (non-hydrogen) atoms. The van der Waals surface area contributed by atoms with E-state index in [0.29, 0.717) is 22.2 Å². The molecule has 1 aromatic heterocycles. The van der Waals surface area contributed by atoms with Gasteiger partial charge in [0, 0.05) is 21.8 Å². The first-order chi connectivity index (χ1) is 14.3. The molecule has 2 heterocycles. The molecule has 0 spiro atoms. The van der Waals surface area contributed by atoms with E-state index in [2.05, 4.69) is 15.7 Å². The van der Waals surface area contributed by atoms with Crippen molar-refractivity contribution in [3.05, 3.63) is 64.7 Å². The molecule has 1 aliphatic heterocycles. The fraction of sp³-hybridized carbons (Fsp3) is 0.143. The molecule has 2 aromatic carbocycles. The summed E-state index contributed by atoms with van der Waals surface area (Å²) in [6.07, 6.45) is -0.0897. The maximum absolute atomic E-state index is 12.9. The fourth-order valence-electron chi connectivity index (χ4n) is 3.41. The van der Waals surface area contributed by atoms with Crippen molar-refractivity contribution in [1.82, 2.24) is 9.78 Å². The molecule has 152 valence electrons. The van der Waals surface area contributed by atoms with E-state index >= 15 is 0 Å². The number of anilines is 2. The summed E-state index contributed by atoms with van der Waals surface area (Å²) in [6.45, 7) is 1.81. The molecule has 0 saturated heterocycles. The molecule has 3 N–H and O–H groups in total. The molecule has 4 rings (SSSR count). The maximum atomic E-state index is 12.9. The van der Waals surface area contributed by atoms with Crippen LogP contribution in [0.1, 0.15) is 28.4 Å². The molecule has 3 aromatic rings. The molecule has 0 fully saturated rings. The summed E-state index contributed by atoms with van der Waals surface area (Å²) in [5.41, 5.74) is 2.47. The number of rotatable bonds is 4. The van der Waals surface area contributed by atoms with Crippen LogP contribution in [0, 0.1) is 6.92 Å². The molecule has 1 aliphatic rings. The quantitative estimate of drug-likeness (QED) is 0.590. The number of aromatic carboxylic acids is 1.